The lowest BCUT2D eigenvalue weighted by molar-refractivity contribution is -0.138. The molecule has 49 heavy (non-hydrogen) atoms. The van der Waals surface area contributed by atoms with Crippen LogP contribution >= 0.6 is 0 Å². The number of amides is 3. The van der Waals surface area contributed by atoms with E-state index in [1.165, 1.54) is 0 Å². The summed E-state index contributed by atoms with van der Waals surface area (Å²) in [5, 5.41) is 21.2. The summed E-state index contributed by atoms with van der Waals surface area (Å²) in [4.78, 5) is 54.7. The van der Waals surface area contributed by atoms with Gasteiger partial charge in [0.05, 0.1) is 12.5 Å². The molecule has 0 saturated carbocycles. The number of carbonyl (C=O) groups excluding carboxylic acids is 3. The molecule has 3 amide bonds. The third-order valence-electron chi connectivity index (χ3n) is 7.72. The molecule has 0 saturated heterocycles. The average molecular weight is 666 g/mol. The van der Waals surface area contributed by atoms with Crippen LogP contribution in [0.3, 0.4) is 0 Å². The number of pyridine rings is 1. The Hall–Kier alpha value is -5.71. The Morgan fingerprint density at radius 2 is 1.43 bits per heavy atom. The number of anilines is 1. The van der Waals surface area contributed by atoms with Crippen LogP contribution in [-0.2, 0) is 25.7 Å². The Morgan fingerprint density at radius 1 is 0.735 bits per heavy atom. The van der Waals surface area contributed by atoms with E-state index in [0.29, 0.717) is 43.7 Å². The first-order chi connectivity index (χ1) is 23.9. The third kappa shape index (κ3) is 13.1. The van der Waals surface area contributed by atoms with Gasteiger partial charge in [-0.1, -0.05) is 91.0 Å². The van der Waals surface area contributed by atoms with E-state index in [-0.39, 0.29) is 31.8 Å². The Bertz CT molecular complexity index is 1600. The smallest absolute Gasteiger partial charge is 0.407 e. The number of ether oxygens (including phenoxy) is 1. The van der Waals surface area contributed by atoms with Crippen LogP contribution in [0, 0.1) is 0 Å². The van der Waals surface area contributed by atoms with Crippen molar-refractivity contribution in [2.45, 2.75) is 57.2 Å². The number of aliphatic carboxylic acids is 1. The third-order valence-corrected chi connectivity index (χ3v) is 7.72. The average Bonchev–Trinajstić information content (AvgIpc) is 3.12. The number of carboxylic acid groups (broad SMARTS) is 1. The Balaban J connectivity index is 1.33. The van der Waals surface area contributed by atoms with Crippen molar-refractivity contribution < 1.29 is 29.0 Å². The number of carbonyl (C=O) groups is 4. The highest BCUT2D eigenvalue weighted by Gasteiger charge is 2.25. The van der Waals surface area contributed by atoms with E-state index < -0.39 is 30.1 Å². The number of rotatable bonds is 19. The molecular weight excluding hydrogens is 622 g/mol. The van der Waals surface area contributed by atoms with Crippen molar-refractivity contribution >= 4 is 29.7 Å². The molecule has 256 valence electrons. The van der Waals surface area contributed by atoms with E-state index in [4.69, 9.17) is 4.74 Å². The molecule has 0 aliphatic heterocycles. The molecule has 1 heterocycles. The number of hydrogen-bond acceptors (Lipinski definition) is 7. The summed E-state index contributed by atoms with van der Waals surface area (Å²) < 4.78 is 5.24. The molecule has 5 N–H and O–H groups in total. The summed E-state index contributed by atoms with van der Waals surface area (Å²) in [6.45, 7) is 1.00. The normalized spacial score (nSPS) is 11.8. The van der Waals surface area contributed by atoms with Gasteiger partial charge in [0.25, 0.3) is 0 Å². The largest absolute Gasteiger partial charge is 0.481 e. The van der Waals surface area contributed by atoms with Crippen LogP contribution in [0.5, 0.6) is 0 Å². The van der Waals surface area contributed by atoms with Crippen molar-refractivity contribution in [1.29, 1.82) is 0 Å². The van der Waals surface area contributed by atoms with E-state index in [2.05, 4.69) is 26.3 Å². The van der Waals surface area contributed by atoms with Crippen molar-refractivity contribution in [1.82, 2.24) is 20.9 Å². The number of alkyl carbamates (subject to hydrolysis) is 1. The summed E-state index contributed by atoms with van der Waals surface area (Å²) >= 11 is 0. The second kappa shape index (κ2) is 19.8. The number of benzene rings is 3. The molecule has 3 aromatic carbocycles. The zero-order valence-corrected chi connectivity index (χ0v) is 27.3. The van der Waals surface area contributed by atoms with E-state index >= 15 is 0 Å². The molecule has 11 heteroatoms. The van der Waals surface area contributed by atoms with Gasteiger partial charge in [0.15, 0.2) is 0 Å². The highest BCUT2D eigenvalue weighted by atomic mass is 16.5. The van der Waals surface area contributed by atoms with Crippen LogP contribution < -0.4 is 21.3 Å². The van der Waals surface area contributed by atoms with Gasteiger partial charge in [-0.25, -0.2) is 9.78 Å². The van der Waals surface area contributed by atoms with Crippen LogP contribution in [0.1, 0.15) is 55.7 Å². The number of aromatic nitrogens is 1. The molecule has 0 aliphatic carbocycles. The minimum absolute atomic E-state index is 0.158. The van der Waals surface area contributed by atoms with Crippen molar-refractivity contribution in [2.75, 3.05) is 18.4 Å². The van der Waals surface area contributed by atoms with Crippen LogP contribution in [0.4, 0.5) is 10.6 Å². The van der Waals surface area contributed by atoms with Crippen LogP contribution in [0.15, 0.2) is 109 Å². The molecular formula is C38H43N5O6. The number of carboxylic acids is 1. The topological polar surface area (TPSA) is 159 Å². The van der Waals surface area contributed by atoms with E-state index in [9.17, 15) is 24.3 Å². The maximum absolute atomic E-state index is 13.6. The second-order valence-electron chi connectivity index (χ2n) is 11.5. The highest BCUT2D eigenvalue weighted by molar-refractivity contribution is 5.88. The number of hydrogen-bond donors (Lipinski definition) is 5. The van der Waals surface area contributed by atoms with Crippen molar-refractivity contribution in [2.24, 2.45) is 0 Å². The Labute approximate surface area is 286 Å². The first kappa shape index (κ1) is 36.1. The van der Waals surface area contributed by atoms with E-state index in [0.717, 1.165) is 16.7 Å². The molecule has 0 bridgehead atoms. The van der Waals surface area contributed by atoms with E-state index in [1.54, 1.807) is 18.3 Å². The molecule has 1 unspecified atom stereocenters. The number of nitrogens with zero attached hydrogens (tertiary/aromatic N) is 1. The maximum atomic E-state index is 13.6. The monoisotopic (exact) mass is 665 g/mol. The van der Waals surface area contributed by atoms with Crippen molar-refractivity contribution in [3.8, 4) is 11.1 Å². The molecule has 1 aromatic heterocycles. The maximum Gasteiger partial charge on any atom is 0.407 e. The van der Waals surface area contributed by atoms with Crippen molar-refractivity contribution in [3.05, 3.63) is 120 Å². The summed E-state index contributed by atoms with van der Waals surface area (Å²) in [5.74, 6) is -1.14. The van der Waals surface area contributed by atoms with Gasteiger partial charge in [0, 0.05) is 25.7 Å². The van der Waals surface area contributed by atoms with Crippen LogP contribution in [0.25, 0.3) is 11.1 Å². The molecule has 4 aromatic rings. The molecule has 0 radical (unpaired) electrons. The quantitative estimate of drug-likeness (QED) is 0.0780. The first-order valence-corrected chi connectivity index (χ1v) is 16.4. The zero-order valence-electron chi connectivity index (χ0n) is 27.3. The molecule has 11 nitrogen and oxygen atoms in total. The van der Waals surface area contributed by atoms with Gasteiger partial charge >= 0.3 is 12.1 Å². The Morgan fingerprint density at radius 3 is 2.12 bits per heavy atom. The summed E-state index contributed by atoms with van der Waals surface area (Å²) in [5.41, 5.74) is 3.50. The fourth-order valence-electron chi connectivity index (χ4n) is 5.14. The number of unbranched alkanes of at least 4 members (excludes halogenated alkanes) is 1. The highest BCUT2D eigenvalue weighted by Crippen LogP contribution is 2.24. The van der Waals surface area contributed by atoms with Gasteiger partial charge in [-0.05, 0) is 60.1 Å². The lowest BCUT2D eigenvalue weighted by Crippen LogP contribution is -2.48. The first-order valence-electron chi connectivity index (χ1n) is 16.4. The van der Waals surface area contributed by atoms with Gasteiger partial charge in [-0.2, -0.15) is 0 Å². The minimum Gasteiger partial charge on any atom is -0.481 e. The van der Waals surface area contributed by atoms with Gasteiger partial charge in [0.2, 0.25) is 11.8 Å². The fraction of sp³-hybridized carbons (Fsp3) is 0.289. The van der Waals surface area contributed by atoms with Gasteiger partial charge in [-0.15, -0.1) is 0 Å². The molecule has 0 aliphatic rings. The standard InChI is InChI=1S/C38H43N5O6/c44-35(18-11-25-40-34-17-8-10-23-39-34)42-32(16-7-9-24-41-38(48)49-27-28-12-3-1-4-13-28)37(47)43-33(26-36(45)46)31-21-19-30(20-22-31)29-14-5-2-6-15-29/h1-6,8,10,12-15,17,19-23,32-33H,7,9,11,16,18,24-27H2,(H,39,40)(H,41,48)(H,42,44)(H,43,47)(H,45,46)/t32-,33?/m0/s1. The summed E-state index contributed by atoms with van der Waals surface area (Å²) in [7, 11) is 0. The molecule has 0 fully saturated rings. The summed E-state index contributed by atoms with van der Waals surface area (Å²) in [6, 6.07) is 30.3. The molecule has 4 rings (SSSR count). The predicted octanol–water partition coefficient (Wildman–Crippen LogP) is 5.85. The lowest BCUT2D eigenvalue weighted by Gasteiger charge is -2.23. The minimum atomic E-state index is -1.07. The second-order valence-corrected chi connectivity index (χ2v) is 11.5. The summed E-state index contributed by atoms with van der Waals surface area (Å²) in [6.07, 6.45) is 2.83. The molecule has 2 atom stereocenters. The Kier molecular flexibility index (Phi) is 14.6. The predicted molar refractivity (Wildman–Crippen MR) is 187 cm³/mol. The van der Waals surface area contributed by atoms with Gasteiger partial charge < -0.3 is 31.1 Å². The van der Waals surface area contributed by atoms with Gasteiger partial charge in [-0.3, -0.25) is 14.4 Å². The molecule has 0 spiro atoms. The van der Waals surface area contributed by atoms with Crippen LogP contribution in [-0.4, -0.2) is 53.1 Å². The fourth-order valence-corrected chi connectivity index (χ4v) is 5.14. The lowest BCUT2D eigenvalue weighted by atomic mass is 9.98. The van der Waals surface area contributed by atoms with E-state index in [1.807, 2.05) is 91.0 Å². The van der Waals surface area contributed by atoms with Crippen LogP contribution in [0.2, 0.25) is 0 Å². The number of nitrogens with one attached hydrogen (secondary N) is 4. The van der Waals surface area contributed by atoms with Gasteiger partial charge in [0.1, 0.15) is 18.5 Å². The van der Waals surface area contributed by atoms with Crippen molar-refractivity contribution in [3.63, 3.8) is 0 Å². The SMILES string of the molecule is O=C(O)CC(NC(=O)[C@H](CCCCNC(=O)OCc1ccccc1)NC(=O)CCCNc1ccccn1)c1ccc(-c2ccccc2)cc1. The zero-order chi connectivity index (χ0) is 34.7.